The van der Waals surface area contributed by atoms with Gasteiger partial charge in [0.05, 0.1) is 5.52 Å². The number of rotatable bonds is 2. The highest BCUT2D eigenvalue weighted by atomic mass is 15.3. The van der Waals surface area contributed by atoms with Crippen LogP contribution in [0.4, 0.5) is 0 Å². The third-order valence-electron chi connectivity index (χ3n) is 3.58. The molecule has 1 aromatic carbocycles. The topological polar surface area (TPSA) is 43.6 Å². The van der Waals surface area contributed by atoms with Gasteiger partial charge in [-0.1, -0.05) is 6.07 Å². The van der Waals surface area contributed by atoms with Crippen molar-refractivity contribution in [3.05, 3.63) is 42.4 Å². The minimum absolute atomic E-state index is 0.585. The summed E-state index contributed by atoms with van der Waals surface area (Å²) >= 11 is 0. The fourth-order valence-corrected chi connectivity index (χ4v) is 2.38. The largest absolute Gasteiger partial charge is 0.256 e. The molecule has 0 atom stereocenters. The molecule has 0 bridgehead atoms. The number of hydrogen-bond donors (Lipinski definition) is 0. The molecular formula is C15H14N4. The van der Waals surface area contributed by atoms with Crippen LogP contribution in [-0.2, 0) is 7.05 Å². The molecule has 1 fully saturated rings. The van der Waals surface area contributed by atoms with Gasteiger partial charge in [-0.05, 0) is 37.1 Å². The fraction of sp³-hybridized carbons (Fsp3) is 0.267. The highest BCUT2D eigenvalue weighted by molar-refractivity contribution is 5.83. The van der Waals surface area contributed by atoms with E-state index >= 15 is 0 Å². The summed E-state index contributed by atoms with van der Waals surface area (Å²) in [5, 5.41) is 5.65. The van der Waals surface area contributed by atoms with E-state index in [9.17, 15) is 0 Å². The standard InChI is InChI=1S/C15H14N4/c1-19-15(17-14(18-19)10-4-5-10)12-6-7-13-11(9-12)3-2-8-16-13/h2-3,6-10H,4-5H2,1H3. The van der Waals surface area contributed by atoms with E-state index in [1.54, 1.807) is 0 Å². The molecule has 1 saturated carbocycles. The van der Waals surface area contributed by atoms with Crippen molar-refractivity contribution in [3.8, 4) is 11.4 Å². The Bertz CT molecular complexity index is 756. The Balaban J connectivity index is 1.84. The van der Waals surface area contributed by atoms with E-state index in [0.29, 0.717) is 5.92 Å². The maximum Gasteiger partial charge on any atom is 0.158 e. The van der Waals surface area contributed by atoms with Crippen LogP contribution >= 0.6 is 0 Å². The van der Waals surface area contributed by atoms with Crippen molar-refractivity contribution in [1.82, 2.24) is 19.7 Å². The fourth-order valence-electron chi connectivity index (χ4n) is 2.38. The number of fused-ring (bicyclic) bond motifs is 1. The molecule has 0 radical (unpaired) electrons. The Morgan fingerprint density at radius 1 is 1.21 bits per heavy atom. The maximum atomic E-state index is 4.68. The van der Waals surface area contributed by atoms with Crippen LogP contribution < -0.4 is 0 Å². The molecule has 1 aliphatic carbocycles. The zero-order valence-corrected chi connectivity index (χ0v) is 10.7. The molecule has 19 heavy (non-hydrogen) atoms. The van der Waals surface area contributed by atoms with Crippen LogP contribution in [0.5, 0.6) is 0 Å². The van der Waals surface area contributed by atoms with Crippen molar-refractivity contribution >= 4 is 10.9 Å². The first-order valence-electron chi connectivity index (χ1n) is 6.57. The van der Waals surface area contributed by atoms with Gasteiger partial charge < -0.3 is 0 Å². The first-order valence-corrected chi connectivity index (χ1v) is 6.57. The normalized spacial score (nSPS) is 15.0. The van der Waals surface area contributed by atoms with Crippen LogP contribution in [0, 0.1) is 0 Å². The summed E-state index contributed by atoms with van der Waals surface area (Å²) in [6, 6.07) is 10.3. The summed E-state index contributed by atoms with van der Waals surface area (Å²) in [5.74, 6) is 2.51. The van der Waals surface area contributed by atoms with Gasteiger partial charge >= 0.3 is 0 Å². The summed E-state index contributed by atoms with van der Waals surface area (Å²) in [7, 11) is 1.96. The molecule has 0 N–H and O–H groups in total. The van der Waals surface area contributed by atoms with Crippen LogP contribution in [0.1, 0.15) is 24.6 Å². The van der Waals surface area contributed by atoms with Gasteiger partial charge in [0.1, 0.15) is 0 Å². The zero-order chi connectivity index (χ0) is 12.8. The third kappa shape index (κ3) is 1.80. The van der Waals surface area contributed by atoms with E-state index in [1.165, 1.54) is 12.8 Å². The summed E-state index contributed by atoms with van der Waals surface area (Å²) in [6.45, 7) is 0. The smallest absolute Gasteiger partial charge is 0.158 e. The lowest BCUT2D eigenvalue weighted by Gasteiger charge is -2.02. The van der Waals surface area contributed by atoms with Gasteiger partial charge in [0, 0.05) is 30.1 Å². The molecule has 94 valence electrons. The van der Waals surface area contributed by atoms with Gasteiger partial charge in [-0.2, -0.15) is 5.10 Å². The zero-order valence-electron chi connectivity index (χ0n) is 10.7. The quantitative estimate of drug-likeness (QED) is 0.702. The lowest BCUT2D eigenvalue weighted by molar-refractivity contribution is 0.750. The van der Waals surface area contributed by atoms with Crippen LogP contribution in [0.3, 0.4) is 0 Å². The Morgan fingerprint density at radius 2 is 2.11 bits per heavy atom. The Kier molecular flexibility index (Phi) is 2.18. The molecule has 2 aromatic heterocycles. The van der Waals surface area contributed by atoms with Crippen LogP contribution in [0.2, 0.25) is 0 Å². The van der Waals surface area contributed by atoms with E-state index in [0.717, 1.165) is 28.1 Å². The molecule has 4 heteroatoms. The average Bonchev–Trinajstić information content (AvgIpc) is 3.22. The minimum Gasteiger partial charge on any atom is -0.256 e. The third-order valence-corrected chi connectivity index (χ3v) is 3.58. The number of benzene rings is 1. The SMILES string of the molecule is Cn1nc(C2CC2)nc1-c1ccc2ncccc2c1. The van der Waals surface area contributed by atoms with Crippen molar-refractivity contribution in [1.29, 1.82) is 0 Å². The Morgan fingerprint density at radius 3 is 2.95 bits per heavy atom. The van der Waals surface area contributed by atoms with E-state index < -0.39 is 0 Å². The lowest BCUT2D eigenvalue weighted by atomic mass is 10.1. The van der Waals surface area contributed by atoms with E-state index in [-0.39, 0.29) is 0 Å². The monoisotopic (exact) mass is 250 g/mol. The van der Waals surface area contributed by atoms with Gasteiger partial charge in [0.2, 0.25) is 0 Å². The number of pyridine rings is 1. The lowest BCUT2D eigenvalue weighted by Crippen LogP contribution is -1.94. The van der Waals surface area contributed by atoms with Crippen molar-refractivity contribution in [2.75, 3.05) is 0 Å². The molecule has 0 spiro atoms. The summed E-state index contributed by atoms with van der Waals surface area (Å²) in [6.07, 6.45) is 4.27. The molecule has 4 rings (SSSR count). The predicted molar refractivity (Wildman–Crippen MR) is 73.7 cm³/mol. The van der Waals surface area contributed by atoms with Gasteiger partial charge in [0.25, 0.3) is 0 Å². The van der Waals surface area contributed by atoms with Gasteiger partial charge in [-0.3, -0.25) is 4.98 Å². The Labute approximate surface area is 111 Å². The van der Waals surface area contributed by atoms with Crippen molar-refractivity contribution in [2.24, 2.45) is 7.05 Å². The van der Waals surface area contributed by atoms with Gasteiger partial charge in [-0.15, -0.1) is 0 Å². The highest BCUT2D eigenvalue weighted by Crippen LogP contribution is 2.38. The van der Waals surface area contributed by atoms with Crippen molar-refractivity contribution in [2.45, 2.75) is 18.8 Å². The molecule has 0 amide bonds. The maximum absolute atomic E-state index is 4.68. The first kappa shape index (κ1) is 10.7. The second-order valence-corrected chi connectivity index (χ2v) is 5.10. The molecule has 0 unspecified atom stereocenters. The predicted octanol–water partition coefficient (Wildman–Crippen LogP) is 2.91. The van der Waals surface area contributed by atoms with E-state index in [2.05, 4.69) is 33.3 Å². The molecular weight excluding hydrogens is 236 g/mol. The van der Waals surface area contributed by atoms with E-state index in [4.69, 9.17) is 0 Å². The molecule has 0 aliphatic heterocycles. The first-order chi connectivity index (χ1) is 9.31. The number of aryl methyl sites for hydroxylation is 1. The molecule has 3 aromatic rings. The number of hydrogen-bond acceptors (Lipinski definition) is 3. The van der Waals surface area contributed by atoms with Gasteiger partial charge in [0.15, 0.2) is 11.6 Å². The second kappa shape index (κ2) is 3.88. The van der Waals surface area contributed by atoms with Gasteiger partial charge in [-0.25, -0.2) is 9.67 Å². The molecule has 1 aliphatic rings. The van der Waals surface area contributed by atoms with Crippen LogP contribution in [0.25, 0.3) is 22.3 Å². The molecule has 2 heterocycles. The summed E-state index contributed by atoms with van der Waals surface area (Å²) < 4.78 is 1.88. The van der Waals surface area contributed by atoms with Crippen LogP contribution in [0.15, 0.2) is 36.5 Å². The van der Waals surface area contributed by atoms with Crippen LogP contribution in [-0.4, -0.2) is 19.7 Å². The Hall–Kier alpha value is -2.23. The summed E-state index contributed by atoms with van der Waals surface area (Å²) in [4.78, 5) is 9.02. The number of nitrogens with zero attached hydrogens (tertiary/aromatic N) is 4. The molecule has 0 saturated heterocycles. The average molecular weight is 250 g/mol. The highest BCUT2D eigenvalue weighted by Gasteiger charge is 2.28. The minimum atomic E-state index is 0.585. The van der Waals surface area contributed by atoms with Crippen molar-refractivity contribution in [3.63, 3.8) is 0 Å². The number of aromatic nitrogens is 4. The van der Waals surface area contributed by atoms with E-state index in [1.807, 2.05) is 30.1 Å². The summed E-state index contributed by atoms with van der Waals surface area (Å²) in [5.41, 5.74) is 2.11. The molecule has 4 nitrogen and oxygen atoms in total. The second-order valence-electron chi connectivity index (χ2n) is 5.10. The van der Waals surface area contributed by atoms with Crippen molar-refractivity contribution < 1.29 is 0 Å².